The SMILES string of the molecule is CC(C)CN(C(=O)CSc1nnc(-c2cccs2)n1-c1ccccc1)C1CCS(=O)(=O)C1. The number of thioether (sulfide) groups is 1. The summed E-state index contributed by atoms with van der Waals surface area (Å²) in [5.74, 6) is 1.32. The van der Waals surface area contributed by atoms with Gasteiger partial charge in [0, 0.05) is 18.3 Å². The molecule has 4 rings (SSSR count). The van der Waals surface area contributed by atoms with Crippen molar-refractivity contribution in [1.82, 2.24) is 19.7 Å². The van der Waals surface area contributed by atoms with Gasteiger partial charge < -0.3 is 4.90 Å². The molecule has 1 amide bonds. The molecule has 1 aliphatic rings. The third-order valence-electron chi connectivity index (χ3n) is 5.25. The number of carbonyl (C=O) groups is 1. The van der Waals surface area contributed by atoms with Crippen LogP contribution in [0.15, 0.2) is 53.0 Å². The standard InChI is InChI=1S/C22H26N4O3S3/c1-16(2)13-25(18-10-12-32(28,29)15-18)20(27)14-31-22-24-23-21(19-9-6-11-30-19)26(22)17-7-4-3-5-8-17/h3-9,11,16,18H,10,12-15H2,1-2H3. The van der Waals surface area contributed by atoms with E-state index in [2.05, 4.69) is 10.2 Å². The molecule has 0 spiro atoms. The monoisotopic (exact) mass is 490 g/mol. The quantitative estimate of drug-likeness (QED) is 0.447. The Morgan fingerprint density at radius 1 is 1.22 bits per heavy atom. The molecule has 0 radical (unpaired) electrons. The summed E-state index contributed by atoms with van der Waals surface area (Å²) in [6.45, 7) is 4.62. The lowest BCUT2D eigenvalue weighted by Gasteiger charge is -2.29. The van der Waals surface area contributed by atoms with Crippen molar-refractivity contribution in [3.05, 3.63) is 47.8 Å². The minimum atomic E-state index is -3.07. The van der Waals surface area contributed by atoms with Crippen molar-refractivity contribution in [2.45, 2.75) is 31.5 Å². The van der Waals surface area contributed by atoms with Gasteiger partial charge in [-0.1, -0.05) is 49.9 Å². The predicted molar refractivity (Wildman–Crippen MR) is 129 cm³/mol. The first-order valence-electron chi connectivity index (χ1n) is 10.5. The van der Waals surface area contributed by atoms with Crippen molar-refractivity contribution in [1.29, 1.82) is 0 Å². The molecular formula is C22H26N4O3S3. The van der Waals surface area contributed by atoms with Crippen molar-refractivity contribution in [2.24, 2.45) is 5.92 Å². The van der Waals surface area contributed by atoms with E-state index in [0.29, 0.717) is 18.1 Å². The van der Waals surface area contributed by atoms with Crippen LogP contribution in [0.25, 0.3) is 16.4 Å². The number of benzene rings is 1. The Balaban J connectivity index is 1.57. The second kappa shape index (κ2) is 9.76. The lowest BCUT2D eigenvalue weighted by molar-refractivity contribution is -0.130. The van der Waals surface area contributed by atoms with Crippen LogP contribution in [0.2, 0.25) is 0 Å². The van der Waals surface area contributed by atoms with Gasteiger partial charge in [-0.05, 0) is 35.9 Å². The summed E-state index contributed by atoms with van der Waals surface area (Å²) < 4.78 is 25.9. The summed E-state index contributed by atoms with van der Waals surface area (Å²) in [6.07, 6.45) is 0.508. The highest BCUT2D eigenvalue weighted by Gasteiger charge is 2.35. The Morgan fingerprint density at radius 3 is 2.62 bits per heavy atom. The van der Waals surface area contributed by atoms with E-state index in [1.165, 1.54) is 11.8 Å². The zero-order valence-electron chi connectivity index (χ0n) is 18.0. The average molecular weight is 491 g/mol. The van der Waals surface area contributed by atoms with Gasteiger partial charge >= 0.3 is 0 Å². The lowest BCUT2D eigenvalue weighted by Crippen LogP contribution is -2.44. The Kier molecular flexibility index (Phi) is 7.02. The third-order valence-corrected chi connectivity index (χ3v) is 8.78. The zero-order valence-corrected chi connectivity index (χ0v) is 20.5. The van der Waals surface area contributed by atoms with E-state index < -0.39 is 9.84 Å². The van der Waals surface area contributed by atoms with Crippen LogP contribution in [0.5, 0.6) is 0 Å². The summed E-state index contributed by atoms with van der Waals surface area (Å²) in [4.78, 5) is 15.9. The van der Waals surface area contributed by atoms with E-state index in [1.54, 1.807) is 16.2 Å². The van der Waals surface area contributed by atoms with Gasteiger partial charge in [-0.25, -0.2) is 8.42 Å². The van der Waals surface area contributed by atoms with Gasteiger partial charge in [-0.3, -0.25) is 9.36 Å². The molecule has 7 nitrogen and oxygen atoms in total. The first-order chi connectivity index (χ1) is 15.3. The molecule has 0 aliphatic carbocycles. The fourth-order valence-electron chi connectivity index (χ4n) is 3.82. The van der Waals surface area contributed by atoms with Gasteiger partial charge in [0.05, 0.1) is 22.1 Å². The average Bonchev–Trinajstić information content (AvgIpc) is 3.50. The lowest BCUT2D eigenvalue weighted by atomic mass is 10.1. The summed E-state index contributed by atoms with van der Waals surface area (Å²) in [5, 5.41) is 11.4. The molecule has 32 heavy (non-hydrogen) atoms. The summed E-state index contributed by atoms with van der Waals surface area (Å²) in [5.41, 5.74) is 0.928. The molecule has 0 bridgehead atoms. The van der Waals surface area contributed by atoms with Crippen LogP contribution < -0.4 is 0 Å². The number of sulfone groups is 1. The topological polar surface area (TPSA) is 85.2 Å². The van der Waals surface area contributed by atoms with E-state index in [-0.39, 0.29) is 35.1 Å². The van der Waals surface area contributed by atoms with E-state index in [4.69, 9.17) is 0 Å². The molecule has 1 aromatic carbocycles. The highest BCUT2D eigenvalue weighted by atomic mass is 32.2. The normalized spacial score (nSPS) is 17.7. The molecule has 1 saturated heterocycles. The molecule has 3 aromatic rings. The molecule has 1 unspecified atom stereocenters. The second-order valence-electron chi connectivity index (χ2n) is 8.24. The highest BCUT2D eigenvalue weighted by Crippen LogP contribution is 2.31. The highest BCUT2D eigenvalue weighted by molar-refractivity contribution is 7.99. The van der Waals surface area contributed by atoms with Crippen LogP contribution in [0.1, 0.15) is 20.3 Å². The zero-order chi connectivity index (χ0) is 22.7. The molecule has 3 heterocycles. The number of amides is 1. The van der Waals surface area contributed by atoms with Crippen molar-refractivity contribution >= 4 is 38.8 Å². The molecule has 0 N–H and O–H groups in total. The first-order valence-corrected chi connectivity index (χ1v) is 14.2. The largest absolute Gasteiger partial charge is 0.338 e. The Morgan fingerprint density at radius 2 is 2.00 bits per heavy atom. The van der Waals surface area contributed by atoms with Gasteiger partial charge in [-0.15, -0.1) is 21.5 Å². The Bertz CT molecular complexity index is 1160. The van der Waals surface area contributed by atoms with Crippen LogP contribution >= 0.6 is 23.1 Å². The smallest absolute Gasteiger partial charge is 0.233 e. The maximum absolute atomic E-state index is 13.2. The Labute approximate surface area is 196 Å². The molecule has 1 fully saturated rings. The van der Waals surface area contributed by atoms with Gasteiger partial charge in [0.1, 0.15) is 0 Å². The number of hydrogen-bond acceptors (Lipinski definition) is 7. The minimum Gasteiger partial charge on any atom is -0.338 e. The van der Waals surface area contributed by atoms with Gasteiger partial charge in [0.25, 0.3) is 0 Å². The van der Waals surface area contributed by atoms with Crippen LogP contribution in [-0.2, 0) is 14.6 Å². The summed E-state index contributed by atoms with van der Waals surface area (Å²) in [7, 11) is -3.07. The summed E-state index contributed by atoms with van der Waals surface area (Å²) >= 11 is 2.92. The van der Waals surface area contributed by atoms with E-state index in [1.807, 2.05) is 66.3 Å². The van der Waals surface area contributed by atoms with E-state index in [0.717, 1.165) is 16.4 Å². The van der Waals surface area contributed by atoms with E-state index >= 15 is 0 Å². The molecule has 10 heteroatoms. The maximum Gasteiger partial charge on any atom is 0.233 e. The van der Waals surface area contributed by atoms with Crippen LogP contribution in [-0.4, -0.2) is 63.8 Å². The molecule has 170 valence electrons. The van der Waals surface area contributed by atoms with Crippen LogP contribution in [0.3, 0.4) is 0 Å². The number of carbonyl (C=O) groups excluding carboxylic acids is 1. The third kappa shape index (κ3) is 5.24. The Hall–Kier alpha value is -2.17. The first kappa shape index (κ1) is 23.0. The number of para-hydroxylation sites is 1. The van der Waals surface area contributed by atoms with Crippen molar-refractivity contribution in [3.63, 3.8) is 0 Å². The fraction of sp³-hybridized carbons (Fsp3) is 0.409. The number of thiophene rings is 1. The van der Waals surface area contributed by atoms with E-state index in [9.17, 15) is 13.2 Å². The van der Waals surface area contributed by atoms with Crippen LogP contribution in [0.4, 0.5) is 0 Å². The summed E-state index contributed by atoms with van der Waals surface area (Å²) in [6, 6.07) is 13.6. The number of aromatic nitrogens is 3. The molecular weight excluding hydrogens is 464 g/mol. The number of nitrogens with zero attached hydrogens (tertiary/aromatic N) is 4. The second-order valence-corrected chi connectivity index (χ2v) is 12.4. The predicted octanol–water partition coefficient (Wildman–Crippen LogP) is 3.76. The number of rotatable bonds is 8. The molecule has 0 saturated carbocycles. The molecule has 1 atom stereocenters. The van der Waals surface area contributed by atoms with Gasteiger partial charge in [0.2, 0.25) is 5.91 Å². The van der Waals surface area contributed by atoms with Crippen molar-refractivity contribution in [3.8, 4) is 16.4 Å². The minimum absolute atomic E-state index is 0.0544. The van der Waals surface area contributed by atoms with Crippen LogP contribution in [0, 0.1) is 5.92 Å². The van der Waals surface area contributed by atoms with Gasteiger partial charge in [0.15, 0.2) is 20.8 Å². The fourth-order valence-corrected chi connectivity index (χ4v) is 7.08. The molecule has 2 aromatic heterocycles. The van der Waals surface area contributed by atoms with Gasteiger partial charge in [-0.2, -0.15) is 0 Å². The number of hydrogen-bond donors (Lipinski definition) is 0. The molecule has 1 aliphatic heterocycles. The maximum atomic E-state index is 13.2. The van der Waals surface area contributed by atoms with Crippen molar-refractivity contribution < 1.29 is 13.2 Å². The van der Waals surface area contributed by atoms with Crippen molar-refractivity contribution in [2.75, 3.05) is 23.8 Å².